The standard InChI is InChI=1S/C31H37FN6O3.C24H25FN4O4.C4H9NO/c1-3-22-23(32)7-6-20-14-21(39)15-25(26(20)22)38-17-24-27(29(38)40)28(37-13-10-33-16-19(37)2)35-30(34-24)41-18-31-8-4-11-36(31)12-5-9-31;1-3-16-17(25)6-5-14-11-15(30)12-19(20(14)16)29-13-18-21(23(29)31)22(27-24(26-18)32-2)28-7-4-9-33-10-8-28;6-4-1-2-5-3-4/h6-7,14-15,19,33,39H,3-5,8-13,16-18H2,1-2H3;5-6,11-12,30H,3-4,7-10,13H2,1-2H3;4-6H,1-3H2. The number of rotatable bonds is 10. The van der Waals surface area contributed by atoms with Crippen LogP contribution in [0.4, 0.5) is 31.8 Å². The molecule has 19 nitrogen and oxygen atoms in total. The normalized spacial score (nSPS) is 20.6. The zero-order valence-corrected chi connectivity index (χ0v) is 46.0. The Morgan fingerprint density at radius 3 is 1.85 bits per heavy atom. The first-order chi connectivity index (χ1) is 38.8. The number of carbonyl (C=O) groups is 2. The van der Waals surface area contributed by atoms with Crippen molar-refractivity contribution in [3.8, 4) is 23.5 Å². The van der Waals surface area contributed by atoms with E-state index in [1.807, 2.05) is 18.7 Å². The molecule has 5 fully saturated rings. The summed E-state index contributed by atoms with van der Waals surface area (Å²) in [6, 6.07) is 12.9. The number of aromatic hydroxyl groups is 2. The summed E-state index contributed by atoms with van der Waals surface area (Å²) in [5.41, 5.74) is 4.00. The van der Waals surface area contributed by atoms with Crippen LogP contribution < -0.4 is 39.7 Å². The van der Waals surface area contributed by atoms with Crippen LogP contribution in [-0.4, -0.2) is 155 Å². The van der Waals surface area contributed by atoms with E-state index in [-0.39, 0.29) is 71.7 Å². The van der Waals surface area contributed by atoms with Crippen molar-refractivity contribution in [2.75, 3.05) is 105 Å². The molecule has 13 rings (SSSR count). The van der Waals surface area contributed by atoms with E-state index >= 15 is 0 Å². The molecule has 2 atom stereocenters. The number of nitrogens with one attached hydrogen (secondary N) is 2. The third-order valence-electron chi connectivity index (χ3n) is 16.8. The second-order valence-corrected chi connectivity index (χ2v) is 21.7. The largest absolute Gasteiger partial charge is 0.508 e. The Labute approximate surface area is 463 Å². The quantitative estimate of drug-likeness (QED) is 0.0957. The monoisotopic (exact) mass is 1100 g/mol. The highest BCUT2D eigenvalue weighted by Crippen LogP contribution is 2.44. The van der Waals surface area contributed by atoms with Gasteiger partial charge in [-0.15, -0.1) is 0 Å². The predicted molar refractivity (Wildman–Crippen MR) is 301 cm³/mol. The van der Waals surface area contributed by atoms with Crippen molar-refractivity contribution >= 4 is 56.4 Å². The molecule has 0 aliphatic carbocycles. The topological polar surface area (TPSA) is 214 Å². The van der Waals surface area contributed by atoms with Crippen molar-refractivity contribution in [3.63, 3.8) is 0 Å². The minimum absolute atomic E-state index is 0.00322. The van der Waals surface area contributed by atoms with E-state index in [1.54, 1.807) is 35.2 Å². The fourth-order valence-electron chi connectivity index (χ4n) is 12.8. The Balaban J connectivity index is 0.000000156. The van der Waals surface area contributed by atoms with E-state index in [9.17, 15) is 28.6 Å². The zero-order chi connectivity index (χ0) is 55.8. The van der Waals surface area contributed by atoms with Crippen LogP contribution in [0.2, 0.25) is 0 Å². The lowest BCUT2D eigenvalue weighted by Crippen LogP contribution is -2.50. The van der Waals surface area contributed by atoms with Crippen LogP contribution in [0.3, 0.4) is 0 Å². The molecule has 2 amide bonds. The van der Waals surface area contributed by atoms with Crippen LogP contribution in [0.5, 0.6) is 23.5 Å². The summed E-state index contributed by atoms with van der Waals surface area (Å²) in [5.74, 6) is -0.0718. The molecule has 21 heteroatoms. The van der Waals surface area contributed by atoms with Gasteiger partial charge in [0.15, 0.2) is 0 Å². The number of fused-ring (bicyclic) bond motifs is 5. The first kappa shape index (κ1) is 54.9. The number of hydrogen-bond donors (Lipinski definition) is 5. The smallest absolute Gasteiger partial charge is 0.318 e. The summed E-state index contributed by atoms with van der Waals surface area (Å²) in [6.45, 7) is 15.5. The molecule has 4 aromatic carbocycles. The number of methoxy groups -OCH3 is 1. The molecule has 424 valence electrons. The molecule has 0 radical (unpaired) electrons. The lowest BCUT2D eigenvalue weighted by Gasteiger charge is -2.36. The van der Waals surface area contributed by atoms with Crippen LogP contribution in [0.15, 0.2) is 48.5 Å². The molecular formula is C59H71F2N11O8. The molecule has 5 saturated heterocycles. The second-order valence-electron chi connectivity index (χ2n) is 21.7. The third-order valence-corrected chi connectivity index (χ3v) is 16.8. The van der Waals surface area contributed by atoms with Gasteiger partial charge in [0, 0.05) is 74.8 Å². The molecule has 7 aliphatic heterocycles. The number of aliphatic hydroxyl groups is 1. The number of ether oxygens (including phenoxy) is 3. The number of nitrogens with zero attached hydrogens (tertiary/aromatic N) is 9. The minimum atomic E-state index is -0.340. The summed E-state index contributed by atoms with van der Waals surface area (Å²) < 4.78 is 46.9. The second kappa shape index (κ2) is 23.2. The Kier molecular flexibility index (Phi) is 15.9. The van der Waals surface area contributed by atoms with Crippen LogP contribution in [0, 0.1) is 11.6 Å². The molecule has 9 heterocycles. The van der Waals surface area contributed by atoms with Gasteiger partial charge in [-0.1, -0.05) is 26.0 Å². The van der Waals surface area contributed by atoms with Crippen molar-refractivity contribution in [2.45, 2.75) is 103 Å². The molecule has 0 bridgehead atoms. The van der Waals surface area contributed by atoms with Crippen molar-refractivity contribution in [3.05, 3.63) is 93.8 Å². The molecule has 2 unspecified atom stereocenters. The van der Waals surface area contributed by atoms with Crippen LogP contribution >= 0.6 is 0 Å². The number of aliphatic hydroxyl groups excluding tert-OH is 1. The number of β-amino-alcohol motifs (C(OH)–C–C–N with tert-alkyl or cyclic N) is 1. The lowest BCUT2D eigenvalue weighted by atomic mass is 9.95. The fraction of sp³-hybridized carbons (Fsp3) is 0.492. The summed E-state index contributed by atoms with van der Waals surface area (Å²) in [7, 11) is 1.49. The fourth-order valence-corrected chi connectivity index (χ4v) is 12.8. The highest BCUT2D eigenvalue weighted by Gasteiger charge is 2.46. The summed E-state index contributed by atoms with van der Waals surface area (Å²) in [5, 5.41) is 38.7. The molecular weight excluding hydrogens is 1030 g/mol. The van der Waals surface area contributed by atoms with E-state index in [4.69, 9.17) is 29.3 Å². The SMILES string of the molecule is CCc1c(F)ccc2cc(O)cc(N3Cc4nc(OC)nc(N5CCCOCC5)c4C3=O)c12.CCc1c(F)ccc2cc(O)cc(N3Cc4nc(OCC56CCCN5CCC6)nc(N5CCNCC5C)c4C3=O)c12.OC1CCNC1. The van der Waals surface area contributed by atoms with Gasteiger partial charge in [-0.2, -0.15) is 19.9 Å². The number of carbonyl (C=O) groups excluding carboxylic acids is 2. The maximum Gasteiger partial charge on any atom is 0.318 e. The number of aromatic nitrogens is 4. The van der Waals surface area contributed by atoms with Gasteiger partial charge in [0.2, 0.25) is 0 Å². The van der Waals surface area contributed by atoms with Gasteiger partial charge in [0.25, 0.3) is 11.8 Å². The van der Waals surface area contributed by atoms with E-state index < -0.39 is 0 Å². The molecule has 0 spiro atoms. The van der Waals surface area contributed by atoms with Gasteiger partial charge < -0.3 is 59.8 Å². The van der Waals surface area contributed by atoms with Gasteiger partial charge in [-0.25, -0.2) is 8.78 Å². The van der Waals surface area contributed by atoms with Crippen molar-refractivity contribution in [1.82, 2.24) is 35.5 Å². The minimum Gasteiger partial charge on any atom is -0.508 e. The molecule has 5 N–H and O–H groups in total. The zero-order valence-electron chi connectivity index (χ0n) is 46.0. The highest BCUT2D eigenvalue weighted by molar-refractivity contribution is 6.18. The van der Waals surface area contributed by atoms with Crippen molar-refractivity contribution in [1.29, 1.82) is 0 Å². The maximum absolute atomic E-state index is 14.9. The lowest BCUT2D eigenvalue weighted by molar-refractivity contribution is 0.0988. The number of phenols is 2. The van der Waals surface area contributed by atoms with E-state index in [0.29, 0.717) is 137 Å². The Hall–Kier alpha value is -7.04. The maximum atomic E-state index is 14.9. The van der Waals surface area contributed by atoms with Gasteiger partial charge >= 0.3 is 12.0 Å². The highest BCUT2D eigenvalue weighted by atomic mass is 19.1. The van der Waals surface area contributed by atoms with Gasteiger partial charge in [-0.3, -0.25) is 14.5 Å². The van der Waals surface area contributed by atoms with Gasteiger partial charge in [-0.05, 0) is 124 Å². The van der Waals surface area contributed by atoms with Gasteiger partial charge in [0.05, 0.1) is 61.2 Å². The summed E-state index contributed by atoms with van der Waals surface area (Å²) in [6.07, 6.45) is 7.18. The number of piperazine rings is 1. The molecule has 7 aliphatic rings. The van der Waals surface area contributed by atoms with Crippen LogP contribution in [0.1, 0.15) is 103 Å². The van der Waals surface area contributed by atoms with E-state index in [1.165, 1.54) is 43.1 Å². The molecule has 80 heavy (non-hydrogen) atoms. The Bertz CT molecular complexity index is 3310. The third kappa shape index (κ3) is 10.5. The molecule has 2 aromatic heterocycles. The average molecular weight is 1100 g/mol. The first-order valence-electron chi connectivity index (χ1n) is 28.2. The molecule has 0 saturated carbocycles. The van der Waals surface area contributed by atoms with Gasteiger partial charge in [0.1, 0.15) is 52.5 Å². The number of phenolic OH excluding ortho intramolecular Hbond substituents is 2. The number of halogens is 2. The number of anilines is 4. The average Bonchev–Trinajstić information content (AvgIpc) is 4.36. The number of hydrogen-bond acceptors (Lipinski definition) is 17. The number of amides is 2. The van der Waals surface area contributed by atoms with Crippen molar-refractivity contribution in [2.24, 2.45) is 0 Å². The molecule has 6 aromatic rings. The van der Waals surface area contributed by atoms with E-state index in [2.05, 4.69) is 37.3 Å². The number of aryl methyl sites for hydroxylation is 2. The Morgan fingerprint density at radius 1 is 0.713 bits per heavy atom. The summed E-state index contributed by atoms with van der Waals surface area (Å²) >= 11 is 0. The van der Waals surface area contributed by atoms with E-state index in [0.717, 1.165) is 65.0 Å². The first-order valence-corrected chi connectivity index (χ1v) is 28.2. The Morgan fingerprint density at radius 2 is 1.30 bits per heavy atom. The predicted octanol–water partition coefficient (Wildman–Crippen LogP) is 6.78. The van der Waals surface area contributed by atoms with Crippen molar-refractivity contribution < 1.29 is 47.9 Å². The number of benzene rings is 4. The van der Waals surface area contributed by atoms with Crippen LogP contribution in [-0.2, 0) is 30.7 Å². The van der Waals surface area contributed by atoms with Crippen LogP contribution in [0.25, 0.3) is 21.5 Å². The summed E-state index contributed by atoms with van der Waals surface area (Å²) in [4.78, 5) is 56.5.